The number of carboxylic acids is 1. The summed E-state index contributed by atoms with van der Waals surface area (Å²) >= 11 is 6.20. The van der Waals surface area contributed by atoms with Crippen molar-refractivity contribution in [3.05, 3.63) is 88.9 Å². The van der Waals surface area contributed by atoms with E-state index in [0.29, 0.717) is 24.5 Å². The Hall–Kier alpha value is -3.19. The lowest BCUT2D eigenvalue weighted by Gasteiger charge is -2.37. The van der Waals surface area contributed by atoms with Crippen molar-refractivity contribution in [2.45, 2.75) is 31.0 Å². The molecule has 2 atom stereocenters. The summed E-state index contributed by atoms with van der Waals surface area (Å²) in [5, 5.41) is 10.1. The molecule has 0 aromatic heterocycles. The Morgan fingerprint density at radius 2 is 1.76 bits per heavy atom. The Morgan fingerprint density at radius 3 is 2.39 bits per heavy atom. The molecule has 1 saturated heterocycles. The van der Waals surface area contributed by atoms with Crippen molar-refractivity contribution in [1.82, 2.24) is 0 Å². The van der Waals surface area contributed by atoms with E-state index in [1.807, 2.05) is 36.4 Å². The molecule has 0 aliphatic carbocycles. The topological polar surface area (TPSA) is 49.8 Å². The fourth-order valence-electron chi connectivity index (χ4n) is 4.41. The van der Waals surface area contributed by atoms with Crippen molar-refractivity contribution >= 4 is 23.3 Å². The summed E-state index contributed by atoms with van der Waals surface area (Å²) in [6.45, 7) is 1.90. The first-order chi connectivity index (χ1) is 15.6. The van der Waals surface area contributed by atoms with E-state index >= 15 is 0 Å². The molecular weight excluding hydrogens is 455 g/mol. The van der Waals surface area contributed by atoms with Crippen LogP contribution in [0.5, 0.6) is 11.5 Å². The van der Waals surface area contributed by atoms with E-state index in [9.17, 15) is 23.1 Å². The molecule has 1 heterocycles. The highest BCUT2D eigenvalue weighted by Gasteiger charge is 2.52. The van der Waals surface area contributed by atoms with Crippen molar-refractivity contribution in [3.8, 4) is 11.5 Å². The van der Waals surface area contributed by atoms with Gasteiger partial charge in [-0.3, -0.25) is 0 Å². The van der Waals surface area contributed by atoms with Gasteiger partial charge in [-0.15, -0.1) is 0 Å². The van der Waals surface area contributed by atoms with Crippen LogP contribution in [0, 0.1) is 0 Å². The van der Waals surface area contributed by atoms with Gasteiger partial charge in [0.05, 0.1) is 16.3 Å². The van der Waals surface area contributed by atoms with Crippen LogP contribution in [-0.2, 0) is 11.0 Å². The van der Waals surface area contributed by atoms with E-state index in [1.54, 1.807) is 30.0 Å². The molecule has 172 valence electrons. The van der Waals surface area contributed by atoms with Gasteiger partial charge in [0.15, 0.2) is 0 Å². The Morgan fingerprint density at radius 1 is 1.06 bits per heavy atom. The molecule has 4 nitrogen and oxygen atoms in total. The van der Waals surface area contributed by atoms with E-state index in [-0.39, 0.29) is 10.7 Å². The first-order valence-corrected chi connectivity index (χ1v) is 10.7. The molecule has 2 unspecified atom stereocenters. The van der Waals surface area contributed by atoms with Gasteiger partial charge >= 0.3 is 12.1 Å². The molecule has 8 heteroatoms. The second-order valence-electron chi connectivity index (χ2n) is 8.10. The standard InChI is InChI=1S/C25H21ClF3NO3/c1-24(23(31)32)20(16-6-5-9-19(14-16)33-18-7-3-2-4-8-18)12-13-30(24)22-11-10-17(15-21(22)26)25(27,28)29/h2-11,14-15,20H,12-13H2,1H3,(H,31,32). The fraction of sp³-hybridized carbons (Fsp3) is 0.240. The third kappa shape index (κ3) is 4.37. The van der Waals surface area contributed by atoms with Crippen LogP contribution in [0.3, 0.4) is 0 Å². The lowest BCUT2D eigenvalue weighted by atomic mass is 9.81. The van der Waals surface area contributed by atoms with Gasteiger partial charge in [0.25, 0.3) is 0 Å². The summed E-state index contributed by atoms with van der Waals surface area (Å²) in [6, 6.07) is 19.4. The first kappa shape index (κ1) is 23.0. The number of aliphatic carboxylic acids is 1. The highest BCUT2D eigenvalue weighted by atomic mass is 35.5. The molecule has 1 N–H and O–H groups in total. The Balaban J connectivity index is 1.68. The molecule has 1 aliphatic heterocycles. The molecule has 0 bridgehead atoms. The monoisotopic (exact) mass is 475 g/mol. The lowest BCUT2D eigenvalue weighted by molar-refractivity contribution is -0.143. The summed E-state index contributed by atoms with van der Waals surface area (Å²) in [5.74, 6) is -0.305. The Bertz CT molecular complexity index is 1170. The maximum atomic E-state index is 13.1. The third-order valence-corrected chi connectivity index (χ3v) is 6.42. The average molecular weight is 476 g/mol. The van der Waals surface area contributed by atoms with Crippen molar-refractivity contribution in [3.63, 3.8) is 0 Å². The fourth-order valence-corrected chi connectivity index (χ4v) is 4.69. The van der Waals surface area contributed by atoms with Gasteiger partial charge in [0, 0.05) is 12.5 Å². The van der Waals surface area contributed by atoms with E-state index < -0.39 is 29.2 Å². The highest BCUT2D eigenvalue weighted by molar-refractivity contribution is 6.33. The van der Waals surface area contributed by atoms with E-state index in [0.717, 1.165) is 17.7 Å². The number of halogens is 4. The van der Waals surface area contributed by atoms with Gasteiger partial charge in [-0.1, -0.05) is 41.9 Å². The molecule has 0 radical (unpaired) electrons. The van der Waals surface area contributed by atoms with Crippen LogP contribution in [0.25, 0.3) is 0 Å². The molecule has 3 aromatic rings. The molecule has 1 aliphatic rings. The molecular formula is C25H21ClF3NO3. The smallest absolute Gasteiger partial charge is 0.416 e. The maximum Gasteiger partial charge on any atom is 0.416 e. The van der Waals surface area contributed by atoms with Crippen LogP contribution in [0.1, 0.15) is 30.4 Å². The minimum Gasteiger partial charge on any atom is -0.479 e. The molecule has 0 amide bonds. The number of carbonyl (C=O) groups is 1. The molecule has 4 rings (SSSR count). The number of alkyl halides is 3. The number of hydrogen-bond donors (Lipinski definition) is 1. The van der Waals surface area contributed by atoms with Gasteiger partial charge in [-0.25, -0.2) is 4.79 Å². The number of carboxylic acid groups (broad SMARTS) is 1. The number of nitrogens with zero attached hydrogens (tertiary/aromatic N) is 1. The van der Waals surface area contributed by atoms with Crippen LogP contribution >= 0.6 is 11.6 Å². The number of rotatable bonds is 5. The zero-order valence-corrected chi connectivity index (χ0v) is 18.4. The number of hydrogen-bond acceptors (Lipinski definition) is 3. The lowest BCUT2D eigenvalue weighted by Crippen LogP contribution is -2.51. The first-order valence-electron chi connectivity index (χ1n) is 10.3. The zero-order valence-electron chi connectivity index (χ0n) is 17.6. The summed E-state index contributed by atoms with van der Waals surface area (Å²) in [5.41, 5.74) is -1.28. The number of ether oxygens (including phenoxy) is 1. The number of para-hydroxylation sites is 1. The summed E-state index contributed by atoms with van der Waals surface area (Å²) in [6.07, 6.45) is -4.06. The minimum atomic E-state index is -4.54. The summed E-state index contributed by atoms with van der Waals surface area (Å²) in [4.78, 5) is 14.1. The quantitative estimate of drug-likeness (QED) is 0.432. The van der Waals surface area contributed by atoms with Crippen molar-refractivity contribution in [1.29, 1.82) is 0 Å². The molecule has 3 aromatic carbocycles. The predicted molar refractivity (Wildman–Crippen MR) is 120 cm³/mol. The van der Waals surface area contributed by atoms with Crippen molar-refractivity contribution in [2.75, 3.05) is 11.4 Å². The number of benzene rings is 3. The van der Waals surface area contributed by atoms with Gasteiger partial charge in [0.2, 0.25) is 0 Å². The predicted octanol–water partition coefficient (Wildman–Crippen LogP) is 6.99. The second-order valence-corrected chi connectivity index (χ2v) is 8.50. The summed E-state index contributed by atoms with van der Waals surface area (Å²) < 4.78 is 45.1. The molecule has 1 fully saturated rings. The third-order valence-electron chi connectivity index (χ3n) is 6.12. The van der Waals surface area contributed by atoms with Crippen LogP contribution in [-0.4, -0.2) is 23.2 Å². The average Bonchev–Trinajstić information content (AvgIpc) is 3.12. The van der Waals surface area contributed by atoms with Crippen LogP contribution in [0.4, 0.5) is 18.9 Å². The Labute approximate surface area is 194 Å². The van der Waals surface area contributed by atoms with Gasteiger partial charge in [0.1, 0.15) is 17.0 Å². The SMILES string of the molecule is CC1(C(=O)O)C(c2cccc(Oc3ccccc3)c2)CCN1c1ccc(C(F)(F)F)cc1Cl. The van der Waals surface area contributed by atoms with Gasteiger partial charge in [-0.05, 0) is 61.4 Å². The zero-order chi connectivity index (χ0) is 23.8. The minimum absolute atomic E-state index is 0.140. The Kier molecular flexibility index (Phi) is 6.01. The van der Waals surface area contributed by atoms with Gasteiger partial charge in [-0.2, -0.15) is 13.2 Å². The van der Waals surface area contributed by atoms with E-state index in [1.165, 1.54) is 6.07 Å². The van der Waals surface area contributed by atoms with Crippen molar-refractivity contribution < 1.29 is 27.8 Å². The van der Waals surface area contributed by atoms with Gasteiger partial charge < -0.3 is 14.7 Å². The maximum absolute atomic E-state index is 13.1. The van der Waals surface area contributed by atoms with Crippen LogP contribution in [0.2, 0.25) is 5.02 Å². The van der Waals surface area contributed by atoms with E-state index in [4.69, 9.17) is 16.3 Å². The number of anilines is 1. The van der Waals surface area contributed by atoms with Crippen LogP contribution in [0.15, 0.2) is 72.8 Å². The molecule has 0 saturated carbocycles. The van der Waals surface area contributed by atoms with E-state index in [2.05, 4.69) is 0 Å². The van der Waals surface area contributed by atoms with Crippen molar-refractivity contribution in [2.24, 2.45) is 0 Å². The normalized spacial score (nSPS) is 20.6. The van der Waals surface area contributed by atoms with Crippen LogP contribution < -0.4 is 9.64 Å². The summed E-state index contributed by atoms with van der Waals surface area (Å²) in [7, 11) is 0. The molecule has 0 spiro atoms. The largest absolute Gasteiger partial charge is 0.479 e. The second kappa shape index (κ2) is 8.63. The highest BCUT2D eigenvalue weighted by Crippen LogP contribution is 2.47. The molecule has 33 heavy (non-hydrogen) atoms.